The minimum Gasteiger partial charge on any atom is -0.325 e. The summed E-state index contributed by atoms with van der Waals surface area (Å²) in [5, 5.41) is 12.8. The van der Waals surface area contributed by atoms with Gasteiger partial charge in [0.15, 0.2) is 11.0 Å². The number of halogens is 1. The number of nitrogens with one attached hydrogen (secondary N) is 3. The Bertz CT molecular complexity index is 1310. The molecule has 1 unspecified atom stereocenters. The molecule has 9 nitrogen and oxygen atoms in total. The highest BCUT2D eigenvalue weighted by Gasteiger charge is 2.21. The van der Waals surface area contributed by atoms with Gasteiger partial charge in [-0.3, -0.25) is 14.3 Å². The number of carbonyl (C=O) groups is 1. The molecule has 32 heavy (non-hydrogen) atoms. The van der Waals surface area contributed by atoms with E-state index in [2.05, 4.69) is 25.5 Å². The summed E-state index contributed by atoms with van der Waals surface area (Å²) in [6.45, 7) is 2.04. The number of hydrogen-bond donors (Lipinski definition) is 3. The van der Waals surface area contributed by atoms with Gasteiger partial charge in [-0.1, -0.05) is 23.4 Å². The molecule has 0 aliphatic rings. The van der Waals surface area contributed by atoms with Crippen LogP contribution in [-0.2, 0) is 4.79 Å². The first kappa shape index (κ1) is 22.1. The molecule has 2 aromatic carbocycles. The zero-order chi connectivity index (χ0) is 22.8. The number of H-pyrrole nitrogens is 2. The van der Waals surface area contributed by atoms with Crippen molar-refractivity contribution in [1.29, 1.82) is 0 Å². The van der Waals surface area contributed by atoms with E-state index >= 15 is 0 Å². The van der Waals surface area contributed by atoms with Gasteiger partial charge in [0.1, 0.15) is 0 Å². The summed E-state index contributed by atoms with van der Waals surface area (Å²) in [6, 6.07) is 12.6. The lowest BCUT2D eigenvalue weighted by atomic mass is 10.2. The first-order valence-electron chi connectivity index (χ1n) is 9.84. The summed E-state index contributed by atoms with van der Waals surface area (Å²) >= 11 is 7.35. The van der Waals surface area contributed by atoms with Crippen molar-refractivity contribution >= 4 is 46.0 Å². The van der Waals surface area contributed by atoms with E-state index < -0.39 is 0 Å². The van der Waals surface area contributed by atoms with E-state index in [1.54, 1.807) is 18.2 Å². The normalized spacial score (nSPS) is 12.4. The Morgan fingerprint density at radius 1 is 1.16 bits per heavy atom. The molecule has 4 aromatic rings. The maximum absolute atomic E-state index is 12.6. The van der Waals surface area contributed by atoms with Gasteiger partial charge in [-0.25, -0.2) is 4.79 Å². The summed E-state index contributed by atoms with van der Waals surface area (Å²) in [5.41, 5.74) is 2.49. The molecule has 1 amide bonds. The standard InChI is InChI=1S/C21H22ClN7O2S/c1-12(28(2)3)19-26-27-21(29(19)15-7-4-13(22)5-8-15)32-11-18(30)23-14-6-9-16-17(10-14)25-20(31)24-16/h4-10,12H,11H2,1-3H3,(H,23,30)(H2,24,25,31). The molecule has 0 saturated heterocycles. The van der Waals surface area contributed by atoms with Crippen molar-refractivity contribution in [3.05, 3.63) is 63.8 Å². The van der Waals surface area contributed by atoms with E-state index in [4.69, 9.17) is 11.6 Å². The lowest BCUT2D eigenvalue weighted by Crippen LogP contribution is -2.21. The summed E-state index contributed by atoms with van der Waals surface area (Å²) in [5.74, 6) is 0.714. The number of nitrogens with zero attached hydrogens (tertiary/aromatic N) is 4. The number of thioether (sulfide) groups is 1. The Hall–Kier alpha value is -3.08. The van der Waals surface area contributed by atoms with Crippen LogP contribution in [0, 0.1) is 0 Å². The molecule has 0 radical (unpaired) electrons. The van der Waals surface area contributed by atoms with E-state index in [0.717, 1.165) is 11.5 Å². The van der Waals surface area contributed by atoms with Crippen LogP contribution in [0.2, 0.25) is 5.02 Å². The van der Waals surface area contributed by atoms with Crippen LogP contribution in [0.15, 0.2) is 52.4 Å². The largest absolute Gasteiger partial charge is 0.325 e. The highest BCUT2D eigenvalue weighted by Crippen LogP contribution is 2.27. The fourth-order valence-electron chi connectivity index (χ4n) is 3.15. The second kappa shape index (κ2) is 9.19. The van der Waals surface area contributed by atoms with E-state index in [1.807, 2.05) is 54.8 Å². The molecule has 3 N–H and O–H groups in total. The van der Waals surface area contributed by atoms with Crippen LogP contribution in [0.4, 0.5) is 5.69 Å². The number of hydrogen-bond acceptors (Lipinski definition) is 6. The summed E-state index contributed by atoms with van der Waals surface area (Å²) in [4.78, 5) is 31.4. The van der Waals surface area contributed by atoms with Gasteiger partial charge in [0.05, 0.1) is 22.8 Å². The van der Waals surface area contributed by atoms with Gasteiger partial charge >= 0.3 is 5.69 Å². The van der Waals surface area contributed by atoms with Crippen molar-refractivity contribution in [2.45, 2.75) is 18.1 Å². The third kappa shape index (κ3) is 4.72. The van der Waals surface area contributed by atoms with E-state index in [9.17, 15) is 9.59 Å². The van der Waals surface area contributed by atoms with Gasteiger partial charge in [0.2, 0.25) is 5.91 Å². The van der Waals surface area contributed by atoms with Crippen LogP contribution in [0.1, 0.15) is 18.8 Å². The average molecular weight is 472 g/mol. The third-order valence-electron chi connectivity index (χ3n) is 5.02. The molecule has 166 valence electrons. The Labute approximate surface area is 193 Å². The zero-order valence-electron chi connectivity index (χ0n) is 17.7. The average Bonchev–Trinajstić information content (AvgIpc) is 3.34. The SMILES string of the molecule is CC(c1nnc(SCC(=O)Nc2ccc3[nH]c(=O)[nH]c3c2)n1-c1ccc(Cl)cc1)N(C)C. The lowest BCUT2D eigenvalue weighted by molar-refractivity contribution is -0.113. The number of rotatable bonds is 7. The van der Waals surface area contributed by atoms with Gasteiger partial charge in [-0.05, 0) is 63.5 Å². The highest BCUT2D eigenvalue weighted by molar-refractivity contribution is 7.99. The van der Waals surface area contributed by atoms with Crippen LogP contribution >= 0.6 is 23.4 Å². The van der Waals surface area contributed by atoms with Crippen molar-refractivity contribution in [1.82, 2.24) is 29.6 Å². The number of aromatic nitrogens is 5. The number of amides is 1. The monoisotopic (exact) mass is 471 g/mol. The fourth-order valence-corrected chi connectivity index (χ4v) is 4.03. The van der Waals surface area contributed by atoms with Gasteiger partial charge in [0, 0.05) is 16.4 Å². The molecule has 0 saturated carbocycles. The fraction of sp³-hybridized carbons (Fsp3) is 0.238. The summed E-state index contributed by atoms with van der Waals surface area (Å²) in [7, 11) is 3.95. The van der Waals surface area contributed by atoms with Gasteiger partial charge < -0.3 is 15.3 Å². The first-order chi connectivity index (χ1) is 15.3. The quantitative estimate of drug-likeness (QED) is 0.356. The molecule has 0 spiro atoms. The summed E-state index contributed by atoms with van der Waals surface area (Å²) in [6.07, 6.45) is 0. The second-order valence-corrected chi connectivity index (χ2v) is 8.85. The van der Waals surface area contributed by atoms with E-state index in [-0.39, 0.29) is 23.4 Å². The smallest absolute Gasteiger partial charge is 0.323 e. The number of imidazole rings is 1. The van der Waals surface area contributed by atoms with Gasteiger partial charge in [-0.2, -0.15) is 0 Å². The maximum Gasteiger partial charge on any atom is 0.323 e. The van der Waals surface area contributed by atoms with Crippen molar-refractivity contribution in [2.24, 2.45) is 0 Å². The topological polar surface area (TPSA) is 112 Å². The zero-order valence-corrected chi connectivity index (χ0v) is 19.3. The minimum atomic E-state index is -0.289. The first-order valence-corrected chi connectivity index (χ1v) is 11.2. The minimum absolute atomic E-state index is 0.0107. The van der Waals surface area contributed by atoms with Crippen molar-refractivity contribution < 1.29 is 4.79 Å². The maximum atomic E-state index is 12.6. The van der Waals surface area contributed by atoms with Crippen molar-refractivity contribution in [3.8, 4) is 5.69 Å². The molecule has 0 aliphatic carbocycles. The van der Waals surface area contributed by atoms with Gasteiger partial charge in [0.25, 0.3) is 0 Å². The number of aromatic amines is 2. The molecule has 1 atom stereocenters. The predicted octanol–water partition coefficient (Wildman–Crippen LogP) is 3.44. The van der Waals surface area contributed by atoms with Crippen LogP contribution in [0.25, 0.3) is 16.7 Å². The number of benzene rings is 2. The van der Waals surface area contributed by atoms with Crippen LogP contribution < -0.4 is 11.0 Å². The molecular formula is C21H22ClN7O2S. The number of anilines is 1. The molecule has 4 rings (SSSR count). The third-order valence-corrected chi connectivity index (χ3v) is 6.20. The van der Waals surface area contributed by atoms with Crippen LogP contribution in [0.3, 0.4) is 0 Å². The molecule has 0 aliphatic heterocycles. The predicted molar refractivity (Wildman–Crippen MR) is 127 cm³/mol. The molecule has 11 heteroatoms. The van der Waals surface area contributed by atoms with Crippen molar-refractivity contribution in [2.75, 3.05) is 25.2 Å². The van der Waals surface area contributed by atoms with E-state index in [0.29, 0.717) is 26.9 Å². The molecule has 2 heterocycles. The highest BCUT2D eigenvalue weighted by atomic mass is 35.5. The van der Waals surface area contributed by atoms with Crippen LogP contribution in [-0.4, -0.2) is 55.4 Å². The molecule has 2 aromatic heterocycles. The summed E-state index contributed by atoms with van der Waals surface area (Å²) < 4.78 is 1.94. The Kier molecular flexibility index (Phi) is 6.35. The second-order valence-electron chi connectivity index (χ2n) is 7.47. The van der Waals surface area contributed by atoms with Crippen LogP contribution in [0.5, 0.6) is 0 Å². The molecule has 0 fully saturated rings. The van der Waals surface area contributed by atoms with E-state index in [1.165, 1.54) is 11.8 Å². The Morgan fingerprint density at radius 2 is 1.88 bits per heavy atom. The number of fused-ring (bicyclic) bond motifs is 1. The molecule has 0 bridgehead atoms. The number of carbonyl (C=O) groups excluding carboxylic acids is 1. The Morgan fingerprint density at radius 3 is 2.59 bits per heavy atom. The Balaban J connectivity index is 1.53. The van der Waals surface area contributed by atoms with Crippen molar-refractivity contribution in [3.63, 3.8) is 0 Å². The van der Waals surface area contributed by atoms with Gasteiger partial charge in [-0.15, -0.1) is 10.2 Å². The molecular weight excluding hydrogens is 450 g/mol. The lowest BCUT2D eigenvalue weighted by Gasteiger charge is -2.20.